The van der Waals surface area contributed by atoms with E-state index in [0.29, 0.717) is 24.3 Å². The number of nitrogens with zero attached hydrogens (tertiary/aromatic N) is 1. The lowest BCUT2D eigenvalue weighted by atomic mass is 10.00. The minimum atomic E-state index is -0.263. The van der Waals surface area contributed by atoms with Gasteiger partial charge in [-0.1, -0.05) is 13.0 Å². The SMILES string of the molecule is CCc1c(-c2ccc3c(c2)OCCN3C)[nH]c(=O)c(C)c1O. The zero-order chi connectivity index (χ0) is 15.9. The Hall–Kier alpha value is -2.43. The third kappa shape index (κ3) is 2.22. The summed E-state index contributed by atoms with van der Waals surface area (Å²) in [6.07, 6.45) is 0.636. The molecule has 5 nitrogen and oxygen atoms in total. The Kier molecular flexibility index (Phi) is 3.56. The number of aromatic hydroxyl groups is 1. The maximum absolute atomic E-state index is 12.0. The van der Waals surface area contributed by atoms with Crippen LogP contribution in [0, 0.1) is 6.92 Å². The largest absolute Gasteiger partial charge is 0.507 e. The van der Waals surface area contributed by atoms with Crippen molar-refractivity contribution in [2.45, 2.75) is 20.3 Å². The number of nitrogens with one attached hydrogen (secondary N) is 1. The highest BCUT2D eigenvalue weighted by Crippen LogP contribution is 2.36. The van der Waals surface area contributed by atoms with Gasteiger partial charge in [0.15, 0.2) is 0 Å². The van der Waals surface area contributed by atoms with Gasteiger partial charge in [-0.2, -0.15) is 0 Å². The van der Waals surface area contributed by atoms with Crippen LogP contribution in [0.15, 0.2) is 23.0 Å². The molecule has 1 aromatic carbocycles. The molecule has 0 atom stereocenters. The molecule has 0 bridgehead atoms. The molecule has 2 heterocycles. The van der Waals surface area contributed by atoms with Crippen molar-refractivity contribution in [3.8, 4) is 22.8 Å². The molecule has 5 heteroatoms. The second-order valence-corrected chi connectivity index (χ2v) is 5.59. The summed E-state index contributed by atoms with van der Waals surface area (Å²) in [6, 6.07) is 5.85. The average molecular weight is 300 g/mol. The molecule has 0 fully saturated rings. The van der Waals surface area contributed by atoms with Crippen LogP contribution in [0.25, 0.3) is 11.3 Å². The average Bonchev–Trinajstić information content (AvgIpc) is 2.52. The van der Waals surface area contributed by atoms with Gasteiger partial charge in [0.1, 0.15) is 18.1 Å². The third-order valence-electron chi connectivity index (χ3n) is 4.22. The molecule has 2 aromatic rings. The predicted molar refractivity (Wildman–Crippen MR) is 87.0 cm³/mol. The highest BCUT2D eigenvalue weighted by Gasteiger charge is 2.18. The minimum Gasteiger partial charge on any atom is -0.507 e. The van der Waals surface area contributed by atoms with Crippen LogP contribution in [0.3, 0.4) is 0 Å². The summed E-state index contributed by atoms with van der Waals surface area (Å²) < 4.78 is 5.72. The molecule has 1 aromatic heterocycles. The van der Waals surface area contributed by atoms with Gasteiger partial charge in [0, 0.05) is 18.2 Å². The molecule has 0 saturated heterocycles. The van der Waals surface area contributed by atoms with E-state index in [1.807, 2.05) is 32.2 Å². The van der Waals surface area contributed by atoms with Crippen LogP contribution >= 0.6 is 0 Å². The number of ether oxygens (including phenoxy) is 1. The number of aromatic nitrogens is 1. The van der Waals surface area contributed by atoms with Crippen molar-refractivity contribution in [1.29, 1.82) is 0 Å². The molecule has 1 aliphatic rings. The van der Waals surface area contributed by atoms with Gasteiger partial charge >= 0.3 is 0 Å². The van der Waals surface area contributed by atoms with Gasteiger partial charge in [-0.05, 0) is 25.5 Å². The highest BCUT2D eigenvalue weighted by atomic mass is 16.5. The molecule has 0 aliphatic carbocycles. The number of hydrogen-bond acceptors (Lipinski definition) is 4. The Morgan fingerprint density at radius 1 is 1.41 bits per heavy atom. The number of anilines is 1. The first-order valence-electron chi connectivity index (χ1n) is 7.46. The number of rotatable bonds is 2. The molecule has 116 valence electrons. The molecule has 0 radical (unpaired) electrons. The molecule has 0 spiro atoms. The van der Waals surface area contributed by atoms with Gasteiger partial charge in [-0.25, -0.2) is 0 Å². The van der Waals surface area contributed by atoms with E-state index in [1.165, 1.54) is 0 Å². The van der Waals surface area contributed by atoms with E-state index in [0.717, 1.165) is 29.1 Å². The Morgan fingerprint density at radius 3 is 2.91 bits per heavy atom. The number of benzene rings is 1. The lowest BCUT2D eigenvalue weighted by molar-refractivity contribution is 0.311. The summed E-state index contributed by atoms with van der Waals surface area (Å²) in [5.41, 5.74) is 3.39. The third-order valence-corrected chi connectivity index (χ3v) is 4.22. The summed E-state index contributed by atoms with van der Waals surface area (Å²) in [7, 11) is 2.03. The van der Waals surface area contributed by atoms with E-state index in [9.17, 15) is 9.90 Å². The molecule has 3 rings (SSSR count). The quantitative estimate of drug-likeness (QED) is 0.894. The maximum atomic E-state index is 12.0. The molecule has 0 saturated carbocycles. The van der Waals surface area contributed by atoms with Crippen molar-refractivity contribution >= 4 is 5.69 Å². The van der Waals surface area contributed by atoms with E-state index in [2.05, 4.69) is 9.88 Å². The van der Waals surface area contributed by atoms with E-state index in [1.54, 1.807) is 6.92 Å². The van der Waals surface area contributed by atoms with Gasteiger partial charge in [0.05, 0.1) is 23.5 Å². The van der Waals surface area contributed by atoms with Gasteiger partial charge < -0.3 is 19.7 Å². The number of likely N-dealkylation sites (N-methyl/N-ethyl adjacent to an activating group) is 1. The van der Waals surface area contributed by atoms with Crippen LogP contribution in [0.5, 0.6) is 11.5 Å². The highest BCUT2D eigenvalue weighted by molar-refractivity contribution is 5.73. The van der Waals surface area contributed by atoms with E-state index >= 15 is 0 Å². The second kappa shape index (κ2) is 5.40. The van der Waals surface area contributed by atoms with Crippen LogP contribution in [0.1, 0.15) is 18.1 Å². The van der Waals surface area contributed by atoms with Crippen molar-refractivity contribution < 1.29 is 9.84 Å². The normalized spacial score (nSPS) is 13.7. The fourth-order valence-corrected chi connectivity index (χ4v) is 2.84. The molecule has 22 heavy (non-hydrogen) atoms. The smallest absolute Gasteiger partial charge is 0.255 e. The summed E-state index contributed by atoms with van der Waals surface area (Å²) in [5.74, 6) is 0.881. The zero-order valence-corrected chi connectivity index (χ0v) is 13.1. The first-order valence-corrected chi connectivity index (χ1v) is 7.46. The predicted octanol–water partition coefficient (Wildman–Crippen LogP) is 2.45. The first-order chi connectivity index (χ1) is 10.5. The van der Waals surface area contributed by atoms with Crippen LogP contribution in [-0.4, -0.2) is 30.3 Å². The summed E-state index contributed by atoms with van der Waals surface area (Å²) in [5, 5.41) is 10.2. The molecular formula is C17H20N2O3. The fraction of sp³-hybridized carbons (Fsp3) is 0.353. The zero-order valence-electron chi connectivity index (χ0n) is 13.1. The first kappa shape index (κ1) is 14.5. The summed E-state index contributed by atoms with van der Waals surface area (Å²) in [4.78, 5) is 17.0. The monoisotopic (exact) mass is 300 g/mol. The Bertz CT molecular complexity index is 780. The van der Waals surface area contributed by atoms with E-state index in [-0.39, 0.29) is 11.3 Å². The molecule has 2 N–H and O–H groups in total. The topological polar surface area (TPSA) is 65.6 Å². The maximum Gasteiger partial charge on any atom is 0.255 e. The Labute approximate surface area is 129 Å². The van der Waals surface area contributed by atoms with Crippen LogP contribution in [0.2, 0.25) is 0 Å². The van der Waals surface area contributed by atoms with Crippen LogP contribution in [-0.2, 0) is 6.42 Å². The van der Waals surface area contributed by atoms with Crippen molar-refractivity contribution in [3.05, 3.63) is 39.7 Å². The van der Waals surface area contributed by atoms with Gasteiger partial charge in [0.25, 0.3) is 5.56 Å². The fourth-order valence-electron chi connectivity index (χ4n) is 2.84. The Morgan fingerprint density at radius 2 is 2.18 bits per heavy atom. The number of fused-ring (bicyclic) bond motifs is 1. The van der Waals surface area contributed by atoms with Crippen molar-refractivity contribution in [2.75, 3.05) is 25.1 Å². The van der Waals surface area contributed by atoms with E-state index < -0.39 is 0 Å². The molecule has 0 amide bonds. The van der Waals surface area contributed by atoms with Crippen molar-refractivity contribution in [1.82, 2.24) is 4.98 Å². The van der Waals surface area contributed by atoms with Crippen molar-refractivity contribution in [2.24, 2.45) is 0 Å². The molecular weight excluding hydrogens is 280 g/mol. The van der Waals surface area contributed by atoms with Gasteiger partial charge in [-0.15, -0.1) is 0 Å². The molecule has 1 aliphatic heterocycles. The Balaban J connectivity index is 2.18. The lowest BCUT2D eigenvalue weighted by Crippen LogP contribution is -2.28. The standard InChI is InChI=1S/C17H20N2O3/c1-4-12-15(18-17(21)10(2)16(12)20)11-5-6-13-14(9-11)22-8-7-19(13)3/h5-6,9H,4,7-8H2,1-3H3,(H2,18,20,21). The van der Waals surface area contributed by atoms with Crippen molar-refractivity contribution in [3.63, 3.8) is 0 Å². The number of hydrogen-bond donors (Lipinski definition) is 2. The number of H-pyrrole nitrogens is 1. The lowest BCUT2D eigenvalue weighted by Gasteiger charge is -2.28. The second-order valence-electron chi connectivity index (χ2n) is 5.59. The van der Waals surface area contributed by atoms with Crippen LogP contribution in [0.4, 0.5) is 5.69 Å². The minimum absolute atomic E-state index is 0.0806. The summed E-state index contributed by atoms with van der Waals surface area (Å²) in [6.45, 7) is 5.08. The number of aromatic amines is 1. The van der Waals surface area contributed by atoms with Gasteiger partial charge in [-0.3, -0.25) is 4.79 Å². The number of pyridine rings is 1. The van der Waals surface area contributed by atoms with Crippen LogP contribution < -0.4 is 15.2 Å². The van der Waals surface area contributed by atoms with E-state index in [4.69, 9.17) is 4.74 Å². The summed E-state index contributed by atoms with van der Waals surface area (Å²) >= 11 is 0. The van der Waals surface area contributed by atoms with Gasteiger partial charge in [0.2, 0.25) is 0 Å². The molecule has 0 unspecified atom stereocenters.